The van der Waals surface area contributed by atoms with Crippen LogP contribution >= 0.6 is 11.3 Å². The van der Waals surface area contributed by atoms with E-state index in [1.54, 1.807) is 15.9 Å². The minimum absolute atomic E-state index is 0.211. The van der Waals surface area contributed by atoms with Crippen LogP contribution in [0.25, 0.3) is 15.9 Å². The molecule has 19 heavy (non-hydrogen) atoms. The summed E-state index contributed by atoms with van der Waals surface area (Å²) in [6.45, 7) is 6.14. The van der Waals surface area contributed by atoms with E-state index in [2.05, 4.69) is 18.8 Å². The zero-order valence-corrected chi connectivity index (χ0v) is 11.9. The van der Waals surface area contributed by atoms with Crippen molar-refractivity contribution >= 4 is 21.6 Å². The number of aromatic nitrogens is 2. The molecule has 0 spiro atoms. The van der Waals surface area contributed by atoms with Crippen molar-refractivity contribution in [2.75, 3.05) is 0 Å². The van der Waals surface area contributed by atoms with Crippen molar-refractivity contribution in [2.45, 2.75) is 20.8 Å². The van der Waals surface area contributed by atoms with Crippen LogP contribution in [0.15, 0.2) is 35.1 Å². The number of benzene rings is 1. The standard InChI is InChI=1S/C15H14N2OS/c1-9-11(3)19-14-13(9)10(2)17(15(18)16-14)12-7-5-4-6-8-12/h4-8H,1-3H3. The first-order chi connectivity index (χ1) is 9.09. The van der Waals surface area contributed by atoms with E-state index in [-0.39, 0.29) is 5.69 Å². The minimum atomic E-state index is -0.211. The molecule has 0 aliphatic heterocycles. The number of thiophene rings is 1. The summed E-state index contributed by atoms with van der Waals surface area (Å²) < 4.78 is 1.68. The minimum Gasteiger partial charge on any atom is -0.264 e. The van der Waals surface area contributed by atoms with Gasteiger partial charge in [-0.05, 0) is 38.5 Å². The van der Waals surface area contributed by atoms with Gasteiger partial charge in [-0.15, -0.1) is 11.3 Å². The third-order valence-corrected chi connectivity index (χ3v) is 4.57. The Labute approximate surface area is 115 Å². The quantitative estimate of drug-likeness (QED) is 0.679. The summed E-state index contributed by atoms with van der Waals surface area (Å²) in [5, 5.41) is 1.10. The van der Waals surface area contributed by atoms with Gasteiger partial charge in [0, 0.05) is 16.0 Å². The van der Waals surface area contributed by atoms with Crippen LogP contribution in [0.2, 0.25) is 0 Å². The Morgan fingerprint density at radius 2 is 1.79 bits per heavy atom. The maximum absolute atomic E-state index is 12.2. The van der Waals surface area contributed by atoms with Crippen molar-refractivity contribution in [1.29, 1.82) is 0 Å². The van der Waals surface area contributed by atoms with Gasteiger partial charge in [-0.3, -0.25) is 4.57 Å². The molecule has 1 aromatic carbocycles. The van der Waals surface area contributed by atoms with Crippen molar-refractivity contribution in [3.63, 3.8) is 0 Å². The van der Waals surface area contributed by atoms with Gasteiger partial charge in [-0.25, -0.2) is 4.79 Å². The molecule has 0 radical (unpaired) electrons. The molecule has 0 atom stereocenters. The molecule has 2 heterocycles. The summed E-state index contributed by atoms with van der Waals surface area (Å²) in [6.07, 6.45) is 0. The van der Waals surface area contributed by atoms with Crippen molar-refractivity contribution < 1.29 is 0 Å². The maximum atomic E-state index is 12.2. The molecule has 3 nitrogen and oxygen atoms in total. The Morgan fingerprint density at radius 1 is 1.11 bits per heavy atom. The highest BCUT2D eigenvalue weighted by atomic mass is 32.1. The van der Waals surface area contributed by atoms with E-state index < -0.39 is 0 Å². The van der Waals surface area contributed by atoms with Gasteiger partial charge >= 0.3 is 5.69 Å². The molecule has 0 aliphatic carbocycles. The molecule has 2 aromatic heterocycles. The van der Waals surface area contributed by atoms with Gasteiger partial charge in [0.1, 0.15) is 4.83 Å². The number of aryl methyl sites for hydroxylation is 3. The van der Waals surface area contributed by atoms with Crippen LogP contribution in [-0.2, 0) is 0 Å². The van der Waals surface area contributed by atoms with Crippen LogP contribution < -0.4 is 5.69 Å². The molecule has 3 rings (SSSR count). The molecule has 0 bridgehead atoms. The second kappa shape index (κ2) is 4.31. The topological polar surface area (TPSA) is 34.9 Å². The van der Waals surface area contributed by atoms with E-state index in [0.29, 0.717) is 0 Å². The lowest BCUT2D eigenvalue weighted by Crippen LogP contribution is -2.23. The van der Waals surface area contributed by atoms with E-state index in [0.717, 1.165) is 21.6 Å². The van der Waals surface area contributed by atoms with Crippen LogP contribution in [-0.4, -0.2) is 9.55 Å². The second-order valence-corrected chi connectivity index (χ2v) is 5.82. The number of nitrogens with zero attached hydrogens (tertiary/aromatic N) is 2. The lowest BCUT2D eigenvalue weighted by Gasteiger charge is -2.10. The number of rotatable bonds is 1. The van der Waals surface area contributed by atoms with Gasteiger partial charge in [0.15, 0.2) is 0 Å². The van der Waals surface area contributed by atoms with Crippen molar-refractivity contribution in [3.8, 4) is 5.69 Å². The number of para-hydroxylation sites is 1. The first-order valence-electron chi connectivity index (χ1n) is 6.14. The highest BCUT2D eigenvalue weighted by Gasteiger charge is 2.14. The van der Waals surface area contributed by atoms with Crippen LogP contribution in [0.4, 0.5) is 0 Å². The predicted octanol–water partition coefficient (Wildman–Crippen LogP) is 3.37. The third-order valence-electron chi connectivity index (χ3n) is 3.47. The lowest BCUT2D eigenvalue weighted by atomic mass is 10.1. The molecule has 3 aromatic rings. The first-order valence-corrected chi connectivity index (χ1v) is 6.96. The van der Waals surface area contributed by atoms with Gasteiger partial charge in [0.25, 0.3) is 0 Å². The Balaban J connectivity index is 2.44. The van der Waals surface area contributed by atoms with Gasteiger partial charge in [0.2, 0.25) is 0 Å². The average molecular weight is 270 g/mol. The Kier molecular flexibility index (Phi) is 2.75. The molecule has 0 aliphatic rings. The zero-order chi connectivity index (χ0) is 13.6. The number of hydrogen-bond donors (Lipinski definition) is 0. The largest absolute Gasteiger partial charge is 0.353 e. The van der Waals surface area contributed by atoms with Crippen molar-refractivity contribution in [2.24, 2.45) is 0 Å². The Morgan fingerprint density at radius 3 is 2.47 bits per heavy atom. The molecule has 4 heteroatoms. The normalized spacial score (nSPS) is 11.1. The summed E-state index contributed by atoms with van der Waals surface area (Å²) in [7, 11) is 0. The van der Waals surface area contributed by atoms with Gasteiger partial charge < -0.3 is 0 Å². The van der Waals surface area contributed by atoms with E-state index in [1.807, 2.05) is 37.3 Å². The van der Waals surface area contributed by atoms with E-state index in [9.17, 15) is 4.79 Å². The molecule has 0 N–H and O–H groups in total. The van der Waals surface area contributed by atoms with Crippen LogP contribution in [0.5, 0.6) is 0 Å². The monoisotopic (exact) mass is 270 g/mol. The van der Waals surface area contributed by atoms with E-state index >= 15 is 0 Å². The average Bonchev–Trinajstić information content (AvgIpc) is 2.66. The third kappa shape index (κ3) is 1.79. The summed E-state index contributed by atoms with van der Waals surface area (Å²) in [6, 6.07) is 9.65. The van der Waals surface area contributed by atoms with Gasteiger partial charge in [-0.1, -0.05) is 18.2 Å². The zero-order valence-electron chi connectivity index (χ0n) is 11.1. The van der Waals surface area contributed by atoms with Gasteiger partial charge in [0.05, 0.1) is 5.69 Å². The summed E-state index contributed by atoms with van der Waals surface area (Å²) in [5.41, 5.74) is 2.83. The SMILES string of the molecule is Cc1sc2nc(=O)n(-c3ccccc3)c(C)c2c1C. The Bertz CT molecular complexity index is 816. The molecule has 0 saturated carbocycles. The fourth-order valence-electron chi connectivity index (χ4n) is 2.39. The number of fused-ring (bicyclic) bond motifs is 1. The molecule has 0 fully saturated rings. The number of hydrogen-bond acceptors (Lipinski definition) is 3. The van der Waals surface area contributed by atoms with Crippen LogP contribution in [0.1, 0.15) is 16.1 Å². The molecule has 0 unspecified atom stereocenters. The maximum Gasteiger partial charge on any atom is 0.353 e. The molecular formula is C15H14N2OS. The summed E-state index contributed by atoms with van der Waals surface area (Å²) >= 11 is 1.59. The second-order valence-electron chi connectivity index (χ2n) is 4.61. The highest BCUT2D eigenvalue weighted by molar-refractivity contribution is 7.18. The molecule has 96 valence electrons. The molecular weight excluding hydrogens is 256 g/mol. The molecule has 0 saturated heterocycles. The van der Waals surface area contributed by atoms with Crippen molar-refractivity contribution in [1.82, 2.24) is 9.55 Å². The smallest absolute Gasteiger partial charge is 0.264 e. The van der Waals surface area contributed by atoms with Crippen molar-refractivity contribution in [3.05, 3.63) is 57.0 Å². The first kappa shape index (κ1) is 12.1. The fourth-order valence-corrected chi connectivity index (χ4v) is 3.46. The van der Waals surface area contributed by atoms with E-state index in [4.69, 9.17) is 0 Å². The van der Waals surface area contributed by atoms with Crippen LogP contribution in [0.3, 0.4) is 0 Å². The lowest BCUT2D eigenvalue weighted by molar-refractivity contribution is 0.899. The van der Waals surface area contributed by atoms with Crippen LogP contribution in [0, 0.1) is 20.8 Å². The van der Waals surface area contributed by atoms with Gasteiger partial charge in [-0.2, -0.15) is 4.98 Å². The predicted molar refractivity (Wildman–Crippen MR) is 79.4 cm³/mol. The summed E-state index contributed by atoms with van der Waals surface area (Å²) in [5.74, 6) is 0. The highest BCUT2D eigenvalue weighted by Crippen LogP contribution is 2.30. The summed E-state index contributed by atoms with van der Waals surface area (Å²) in [4.78, 5) is 18.5. The van der Waals surface area contributed by atoms with E-state index in [1.165, 1.54) is 10.4 Å². The Hall–Kier alpha value is -1.94. The fraction of sp³-hybridized carbons (Fsp3) is 0.200. The molecule has 0 amide bonds.